The van der Waals surface area contributed by atoms with Crippen LogP contribution in [0.5, 0.6) is 5.75 Å². The lowest BCUT2D eigenvalue weighted by Gasteiger charge is -2.24. The van der Waals surface area contributed by atoms with E-state index in [0.717, 1.165) is 6.42 Å². The van der Waals surface area contributed by atoms with Gasteiger partial charge in [-0.05, 0) is 12.0 Å². The fourth-order valence-electron chi connectivity index (χ4n) is 1.60. The Hall–Kier alpha value is -1.01. The van der Waals surface area contributed by atoms with E-state index in [1.807, 2.05) is 13.8 Å². The van der Waals surface area contributed by atoms with Crippen LogP contribution in [0.25, 0.3) is 0 Å². The molecule has 0 aromatic heterocycles. The normalized spacial score (nSPS) is 14.6. The van der Waals surface area contributed by atoms with Crippen molar-refractivity contribution < 1.29 is 22.3 Å². The molecule has 7 heteroatoms. The third kappa shape index (κ3) is 4.52. The van der Waals surface area contributed by atoms with Crippen LogP contribution in [0.4, 0.5) is 17.6 Å². The van der Waals surface area contributed by atoms with Crippen molar-refractivity contribution in [1.29, 1.82) is 0 Å². The van der Waals surface area contributed by atoms with Crippen LogP contribution in [-0.4, -0.2) is 12.5 Å². The number of halogens is 5. The number of nitrogens with two attached hydrogens (primary N) is 1. The van der Waals surface area contributed by atoms with E-state index < -0.39 is 18.6 Å². The molecule has 2 atom stereocenters. The molecule has 116 valence electrons. The second kappa shape index (κ2) is 7.69. The van der Waals surface area contributed by atoms with Gasteiger partial charge in [-0.15, -0.1) is 12.4 Å². The third-order valence-electron chi connectivity index (χ3n) is 3.04. The molecule has 0 saturated carbocycles. The summed E-state index contributed by atoms with van der Waals surface area (Å²) in [7, 11) is 0. The molecule has 0 heterocycles. The summed E-state index contributed by atoms with van der Waals surface area (Å²) in [4.78, 5) is 0. The second-order valence-electron chi connectivity index (χ2n) is 4.41. The number of benzene rings is 1. The molecule has 0 radical (unpaired) electrons. The van der Waals surface area contributed by atoms with Gasteiger partial charge in [0.05, 0.1) is 0 Å². The zero-order valence-electron chi connectivity index (χ0n) is 11.2. The van der Waals surface area contributed by atoms with Gasteiger partial charge in [0.2, 0.25) is 0 Å². The highest BCUT2D eigenvalue weighted by Gasteiger charge is 2.44. The summed E-state index contributed by atoms with van der Waals surface area (Å²) in [5, 5.41) is 0. The zero-order chi connectivity index (χ0) is 14.6. The summed E-state index contributed by atoms with van der Waals surface area (Å²) < 4.78 is 54.3. The molecule has 1 aromatic rings. The van der Waals surface area contributed by atoms with Gasteiger partial charge in [-0.2, -0.15) is 17.6 Å². The predicted octanol–water partition coefficient (Wildman–Crippen LogP) is 4.39. The maximum Gasteiger partial charge on any atom is 0.461 e. The van der Waals surface area contributed by atoms with Crippen molar-refractivity contribution in [3.63, 3.8) is 0 Å². The van der Waals surface area contributed by atoms with Gasteiger partial charge in [0, 0.05) is 11.6 Å². The topological polar surface area (TPSA) is 35.2 Å². The molecule has 0 spiro atoms. The fraction of sp³-hybridized carbons (Fsp3) is 0.538. The van der Waals surface area contributed by atoms with Crippen LogP contribution < -0.4 is 10.5 Å². The van der Waals surface area contributed by atoms with Crippen molar-refractivity contribution in [3.05, 3.63) is 29.8 Å². The zero-order valence-corrected chi connectivity index (χ0v) is 12.0. The first kappa shape index (κ1) is 19.0. The maximum absolute atomic E-state index is 12.9. The average Bonchev–Trinajstić information content (AvgIpc) is 2.37. The van der Waals surface area contributed by atoms with Gasteiger partial charge in [0.15, 0.2) is 0 Å². The molecule has 0 fully saturated rings. The largest absolute Gasteiger partial charge is 0.461 e. The Bertz CT molecular complexity index is 417. The van der Waals surface area contributed by atoms with Crippen molar-refractivity contribution in [2.24, 2.45) is 11.7 Å². The Morgan fingerprint density at radius 2 is 1.80 bits per heavy atom. The highest BCUT2D eigenvalue weighted by atomic mass is 35.5. The smallest absolute Gasteiger partial charge is 0.428 e. The predicted molar refractivity (Wildman–Crippen MR) is 71.7 cm³/mol. The molecular weight excluding hydrogens is 298 g/mol. The van der Waals surface area contributed by atoms with Crippen LogP contribution in [0, 0.1) is 5.92 Å². The lowest BCUT2D eigenvalue weighted by atomic mass is 9.93. The van der Waals surface area contributed by atoms with E-state index in [1.165, 1.54) is 18.2 Å². The first-order valence-corrected chi connectivity index (χ1v) is 5.99. The summed E-state index contributed by atoms with van der Waals surface area (Å²) in [5.41, 5.74) is 6.24. The first-order valence-electron chi connectivity index (χ1n) is 5.99. The van der Waals surface area contributed by atoms with Crippen molar-refractivity contribution in [2.45, 2.75) is 38.8 Å². The molecule has 2 nitrogen and oxygen atoms in total. The fourth-order valence-corrected chi connectivity index (χ4v) is 1.60. The summed E-state index contributed by atoms with van der Waals surface area (Å²) in [6.07, 6.45) is -7.67. The van der Waals surface area contributed by atoms with Crippen molar-refractivity contribution in [1.82, 2.24) is 0 Å². The van der Waals surface area contributed by atoms with E-state index in [0.29, 0.717) is 5.56 Å². The molecular formula is C13H18ClF4NO. The summed E-state index contributed by atoms with van der Waals surface area (Å²) in [6, 6.07) is 5.21. The molecule has 0 aliphatic rings. The van der Waals surface area contributed by atoms with Crippen molar-refractivity contribution in [2.75, 3.05) is 0 Å². The average molecular weight is 316 g/mol. The Balaban J connectivity index is 0.00000361. The number of hydrogen-bond acceptors (Lipinski definition) is 2. The van der Waals surface area contributed by atoms with Crippen LogP contribution in [0.2, 0.25) is 0 Å². The minimum absolute atomic E-state index is 0. The van der Waals surface area contributed by atoms with E-state index in [4.69, 9.17) is 5.73 Å². The number of alkyl halides is 4. The van der Waals surface area contributed by atoms with E-state index in [-0.39, 0.29) is 24.1 Å². The molecule has 1 rings (SSSR count). The lowest BCUT2D eigenvalue weighted by Crippen LogP contribution is -2.34. The highest BCUT2D eigenvalue weighted by molar-refractivity contribution is 5.85. The number of hydrogen-bond donors (Lipinski definition) is 1. The van der Waals surface area contributed by atoms with Crippen LogP contribution in [-0.2, 0) is 0 Å². The first-order chi connectivity index (χ1) is 8.79. The number of rotatable bonds is 6. The Morgan fingerprint density at radius 1 is 1.25 bits per heavy atom. The van der Waals surface area contributed by atoms with Crippen molar-refractivity contribution >= 4 is 12.4 Å². The SMILES string of the molecule is CCC(C)[C@@H](N)c1ccccc1OC(F)(F)C(F)F.Cl. The third-order valence-corrected chi connectivity index (χ3v) is 3.04. The lowest BCUT2D eigenvalue weighted by molar-refractivity contribution is -0.253. The van der Waals surface area contributed by atoms with Crippen LogP contribution in [0.3, 0.4) is 0 Å². The molecule has 1 aromatic carbocycles. The van der Waals surface area contributed by atoms with Gasteiger partial charge >= 0.3 is 12.5 Å². The monoisotopic (exact) mass is 315 g/mol. The Labute approximate surface area is 121 Å². The van der Waals surface area contributed by atoms with Gasteiger partial charge in [0.1, 0.15) is 5.75 Å². The number of ether oxygens (including phenoxy) is 1. The molecule has 0 bridgehead atoms. The second-order valence-corrected chi connectivity index (χ2v) is 4.41. The molecule has 1 unspecified atom stereocenters. The van der Waals surface area contributed by atoms with Gasteiger partial charge in [-0.25, -0.2) is 0 Å². The molecule has 2 N–H and O–H groups in total. The molecule has 20 heavy (non-hydrogen) atoms. The van der Waals surface area contributed by atoms with Crippen LogP contribution >= 0.6 is 12.4 Å². The minimum Gasteiger partial charge on any atom is -0.428 e. The van der Waals surface area contributed by atoms with E-state index in [1.54, 1.807) is 6.07 Å². The molecule has 0 saturated heterocycles. The van der Waals surface area contributed by atoms with E-state index in [9.17, 15) is 17.6 Å². The standard InChI is InChI=1S/C13H17F4NO.ClH/c1-3-8(2)11(18)9-6-4-5-7-10(9)19-13(16,17)12(14)15;/h4-8,11-12H,3,18H2,1-2H3;1H/t8?,11-;/m1./s1. The summed E-state index contributed by atoms with van der Waals surface area (Å²) in [6.45, 7) is 3.76. The van der Waals surface area contributed by atoms with Gasteiger partial charge in [0.25, 0.3) is 0 Å². The highest BCUT2D eigenvalue weighted by Crippen LogP contribution is 2.34. The molecule has 0 aliphatic heterocycles. The van der Waals surface area contributed by atoms with Crippen LogP contribution in [0.1, 0.15) is 31.9 Å². The summed E-state index contributed by atoms with van der Waals surface area (Å²) >= 11 is 0. The van der Waals surface area contributed by atoms with Gasteiger partial charge in [-0.1, -0.05) is 38.5 Å². The Kier molecular flexibility index (Phi) is 7.30. The summed E-state index contributed by atoms with van der Waals surface area (Å²) in [5.74, 6) is -0.287. The van der Waals surface area contributed by atoms with E-state index in [2.05, 4.69) is 4.74 Å². The van der Waals surface area contributed by atoms with E-state index >= 15 is 0 Å². The van der Waals surface area contributed by atoms with Gasteiger partial charge < -0.3 is 10.5 Å². The van der Waals surface area contributed by atoms with Gasteiger partial charge in [-0.3, -0.25) is 0 Å². The minimum atomic E-state index is -4.52. The maximum atomic E-state index is 12.9. The number of para-hydroxylation sites is 1. The molecule has 0 aliphatic carbocycles. The Morgan fingerprint density at radius 3 is 2.30 bits per heavy atom. The molecule has 0 amide bonds. The van der Waals surface area contributed by atoms with Crippen molar-refractivity contribution in [3.8, 4) is 5.75 Å². The quantitative estimate of drug-likeness (QED) is 0.790. The van der Waals surface area contributed by atoms with Crippen LogP contribution in [0.15, 0.2) is 24.3 Å².